The summed E-state index contributed by atoms with van der Waals surface area (Å²) < 4.78 is 10.0. The lowest BCUT2D eigenvalue weighted by Crippen LogP contribution is -2.24. The minimum atomic E-state index is -0.775. The number of amides is 1. The monoisotopic (exact) mass is 215 g/mol. The second-order valence-electron chi connectivity index (χ2n) is 3.71. The summed E-state index contributed by atoms with van der Waals surface area (Å²) in [6, 6.07) is 0. The molecule has 1 aliphatic carbocycles. The van der Waals surface area contributed by atoms with Crippen LogP contribution in [0.1, 0.15) is 25.7 Å². The van der Waals surface area contributed by atoms with Crippen molar-refractivity contribution >= 4 is 12.4 Å². The quantitative estimate of drug-likeness (QED) is 0.545. The number of hydrogen-bond acceptors (Lipinski definition) is 4. The molecule has 1 rings (SSSR count). The zero-order valence-electron chi connectivity index (χ0n) is 8.69. The van der Waals surface area contributed by atoms with Gasteiger partial charge in [0.25, 0.3) is 0 Å². The van der Waals surface area contributed by atoms with Gasteiger partial charge in [-0.15, -0.1) is 0 Å². The first kappa shape index (κ1) is 12.0. The lowest BCUT2D eigenvalue weighted by molar-refractivity contribution is -0.113. The number of nitrogens with two attached hydrogens (primary N) is 1. The topological polar surface area (TPSA) is 78.6 Å². The summed E-state index contributed by atoms with van der Waals surface area (Å²) in [4.78, 5) is 20.7. The van der Waals surface area contributed by atoms with Gasteiger partial charge >= 0.3 is 6.09 Å². The van der Waals surface area contributed by atoms with Crippen LogP contribution in [-0.4, -0.2) is 31.7 Å². The molecule has 0 spiro atoms. The molecule has 0 saturated heterocycles. The number of rotatable bonds is 5. The van der Waals surface area contributed by atoms with Gasteiger partial charge in [-0.3, -0.25) is 0 Å². The Kier molecular flexibility index (Phi) is 5.10. The van der Waals surface area contributed by atoms with E-state index in [1.54, 1.807) is 0 Å². The lowest BCUT2D eigenvalue weighted by Gasteiger charge is -2.25. The molecule has 5 heteroatoms. The third kappa shape index (κ3) is 4.78. The van der Waals surface area contributed by atoms with Crippen molar-refractivity contribution in [3.63, 3.8) is 0 Å². The summed E-state index contributed by atoms with van der Waals surface area (Å²) in [6.45, 7) is 0.572. The maximum Gasteiger partial charge on any atom is 0.404 e. The van der Waals surface area contributed by atoms with Crippen molar-refractivity contribution < 1.29 is 19.1 Å². The molecule has 1 saturated carbocycles. The fraction of sp³-hybridized carbons (Fsp3) is 0.800. The number of carbonyl (C=O) groups is 2. The minimum absolute atomic E-state index is 0.192. The van der Waals surface area contributed by atoms with Crippen molar-refractivity contribution in [2.75, 3.05) is 13.2 Å². The van der Waals surface area contributed by atoms with Gasteiger partial charge in [0.15, 0.2) is 0 Å². The molecule has 1 amide bonds. The predicted molar refractivity (Wildman–Crippen MR) is 53.3 cm³/mol. The first-order chi connectivity index (χ1) is 7.22. The highest BCUT2D eigenvalue weighted by Gasteiger charge is 2.20. The van der Waals surface area contributed by atoms with Crippen molar-refractivity contribution in [1.29, 1.82) is 0 Å². The molecule has 0 atom stereocenters. The Balaban J connectivity index is 2.03. The Morgan fingerprint density at radius 2 is 1.93 bits per heavy atom. The highest BCUT2D eigenvalue weighted by molar-refractivity contribution is 5.64. The molecule has 5 nitrogen and oxygen atoms in total. The van der Waals surface area contributed by atoms with E-state index in [0.717, 1.165) is 32.0 Å². The SMILES string of the molecule is NC(=O)OCCOC1CCC(C=O)CC1. The standard InChI is InChI=1S/C10H17NO4/c11-10(13)15-6-5-14-9-3-1-8(7-12)2-4-9/h7-9H,1-6H2,(H2,11,13). The number of carbonyl (C=O) groups excluding carboxylic acids is 2. The molecule has 0 bridgehead atoms. The number of aldehydes is 1. The summed E-state index contributed by atoms with van der Waals surface area (Å²) in [6.07, 6.45) is 4.03. The lowest BCUT2D eigenvalue weighted by atomic mass is 9.88. The van der Waals surface area contributed by atoms with Crippen molar-refractivity contribution in [2.45, 2.75) is 31.8 Å². The molecule has 86 valence electrons. The molecule has 0 radical (unpaired) electrons. The zero-order valence-corrected chi connectivity index (χ0v) is 8.69. The Morgan fingerprint density at radius 3 is 2.47 bits per heavy atom. The van der Waals surface area contributed by atoms with Gasteiger partial charge in [-0.1, -0.05) is 0 Å². The van der Waals surface area contributed by atoms with E-state index < -0.39 is 6.09 Å². The van der Waals surface area contributed by atoms with Gasteiger partial charge in [-0.2, -0.15) is 0 Å². The van der Waals surface area contributed by atoms with Crippen molar-refractivity contribution in [2.24, 2.45) is 11.7 Å². The van der Waals surface area contributed by atoms with Crippen LogP contribution in [0.5, 0.6) is 0 Å². The van der Waals surface area contributed by atoms with E-state index in [1.807, 2.05) is 0 Å². The third-order valence-corrected chi connectivity index (χ3v) is 2.59. The number of ether oxygens (including phenoxy) is 2. The molecular formula is C10H17NO4. The fourth-order valence-electron chi connectivity index (χ4n) is 1.75. The van der Waals surface area contributed by atoms with Crippen LogP contribution in [0.25, 0.3) is 0 Å². The third-order valence-electron chi connectivity index (χ3n) is 2.59. The molecule has 1 fully saturated rings. The van der Waals surface area contributed by atoms with E-state index in [2.05, 4.69) is 4.74 Å². The molecule has 1 aliphatic rings. The molecular weight excluding hydrogens is 198 g/mol. The smallest absolute Gasteiger partial charge is 0.404 e. The van der Waals surface area contributed by atoms with Crippen LogP contribution in [0.2, 0.25) is 0 Å². The molecule has 0 aromatic rings. The Hall–Kier alpha value is -1.10. The van der Waals surface area contributed by atoms with Crippen LogP contribution in [0.3, 0.4) is 0 Å². The van der Waals surface area contributed by atoms with Gasteiger partial charge < -0.3 is 20.0 Å². The Labute approximate surface area is 88.9 Å². The Bertz CT molecular complexity index is 211. The van der Waals surface area contributed by atoms with Crippen LogP contribution < -0.4 is 5.73 Å². The summed E-state index contributed by atoms with van der Waals surface area (Å²) in [5, 5.41) is 0. The van der Waals surface area contributed by atoms with Crippen LogP contribution in [0.15, 0.2) is 0 Å². The van der Waals surface area contributed by atoms with Crippen LogP contribution in [0, 0.1) is 5.92 Å². The van der Waals surface area contributed by atoms with Crippen LogP contribution >= 0.6 is 0 Å². The first-order valence-corrected chi connectivity index (χ1v) is 5.21. The van der Waals surface area contributed by atoms with Gasteiger partial charge in [-0.05, 0) is 25.7 Å². The summed E-state index contributed by atoms with van der Waals surface area (Å²) in [7, 11) is 0. The van der Waals surface area contributed by atoms with Gasteiger partial charge in [0.05, 0.1) is 12.7 Å². The van der Waals surface area contributed by atoms with Gasteiger partial charge in [0.1, 0.15) is 12.9 Å². The molecule has 2 N–H and O–H groups in total. The molecule has 0 aliphatic heterocycles. The van der Waals surface area contributed by atoms with E-state index >= 15 is 0 Å². The van der Waals surface area contributed by atoms with E-state index in [1.165, 1.54) is 0 Å². The molecule has 0 unspecified atom stereocenters. The highest BCUT2D eigenvalue weighted by Crippen LogP contribution is 2.24. The average Bonchev–Trinajstić information content (AvgIpc) is 2.25. The predicted octanol–water partition coefficient (Wildman–Crippen LogP) is 0.856. The second kappa shape index (κ2) is 6.40. The van der Waals surface area contributed by atoms with Gasteiger partial charge in [0, 0.05) is 5.92 Å². The van der Waals surface area contributed by atoms with Crippen molar-refractivity contribution in [1.82, 2.24) is 0 Å². The van der Waals surface area contributed by atoms with Crippen molar-refractivity contribution in [3.8, 4) is 0 Å². The largest absolute Gasteiger partial charge is 0.447 e. The Morgan fingerprint density at radius 1 is 1.27 bits per heavy atom. The molecule has 0 heterocycles. The highest BCUT2D eigenvalue weighted by atomic mass is 16.6. The summed E-state index contributed by atoms with van der Waals surface area (Å²) in [5.74, 6) is 0.201. The summed E-state index contributed by atoms with van der Waals surface area (Å²) in [5.41, 5.74) is 4.79. The van der Waals surface area contributed by atoms with Gasteiger partial charge in [-0.25, -0.2) is 4.79 Å². The molecule has 0 aromatic heterocycles. The maximum atomic E-state index is 10.5. The number of hydrogen-bond donors (Lipinski definition) is 1. The van der Waals surface area contributed by atoms with Crippen LogP contribution in [0.4, 0.5) is 4.79 Å². The zero-order chi connectivity index (χ0) is 11.1. The van der Waals surface area contributed by atoms with E-state index in [0.29, 0.717) is 6.61 Å². The van der Waals surface area contributed by atoms with Gasteiger partial charge in [0.2, 0.25) is 0 Å². The van der Waals surface area contributed by atoms with E-state index in [4.69, 9.17) is 10.5 Å². The maximum absolute atomic E-state index is 10.5. The average molecular weight is 215 g/mol. The molecule has 0 aromatic carbocycles. The normalized spacial score (nSPS) is 25.9. The fourth-order valence-corrected chi connectivity index (χ4v) is 1.75. The second-order valence-corrected chi connectivity index (χ2v) is 3.71. The van der Waals surface area contributed by atoms with Crippen molar-refractivity contribution in [3.05, 3.63) is 0 Å². The van der Waals surface area contributed by atoms with E-state index in [9.17, 15) is 9.59 Å². The first-order valence-electron chi connectivity index (χ1n) is 5.21. The van der Waals surface area contributed by atoms with E-state index in [-0.39, 0.29) is 18.6 Å². The molecule has 15 heavy (non-hydrogen) atoms. The van der Waals surface area contributed by atoms with Crippen LogP contribution in [-0.2, 0) is 14.3 Å². The number of primary amides is 1. The minimum Gasteiger partial charge on any atom is -0.447 e. The summed E-state index contributed by atoms with van der Waals surface area (Å²) >= 11 is 0.